The molecule has 0 aliphatic carbocycles. The molecule has 0 radical (unpaired) electrons. The molecule has 2 aromatic carbocycles. The van der Waals surface area contributed by atoms with E-state index in [1.165, 1.54) is 0 Å². The zero-order chi connectivity index (χ0) is 12.3. The average Bonchev–Trinajstić information content (AvgIpc) is 2.39. The number of benzene rings is 2. The van der Waals surface area contributed by atoms with E-state index in [0.717, 1.165) is 23.1 Å². The van der Waals surface area contributed by atoms with Crippen molar-refractivity contribution < 1.29 is 5.11 Å². The number of rotatable bonds is 3. The first-order chi connectivity index (χ1) is 8.22. The minimum Gasteiger partial charge on any atom is -0.508 e. The van der Waals surface area contributed by atoms with Crippen LogP contribution in [-0.2, 0) is 0 Å². The SMILES string of the molecule is CCC(N)c1cc(-c2ccccc2)ccc1O. The zero-order valence-corrected chi connectivity index (χ0v) is 9.93. The van der Waals surface area contributed by atoms with Gasteiger partial charge in [-0.1, -0.05) is 43.3 Å². The zero-order valence-electron chi connectivity index (χ0n) is 9.93. The highest BCUT2D eigenvalue weighted by Crippen LogP contribution is 2.30. The standard InChI is InChI=1S/C15H17NO/c1-2-14(16)13-10-12(8-9-15(13)17)11-6-4-3-5-7-11/h3-10,14,17H,2,16H2,1H3. The summed E-state index contributed by atoms with van der Waals surface area (Å²) >= 11 is 0. The van der Waals surface area contributed by atoms with Crippen LogP contribution < -0.4 is 5.73 Å². The van der Waals surface area contributed by atoms with Crippen LogP contribution in [-0.4, -0.2) is 5.11 Å². The summed E-state index contributed by atoms with van der Waals surface area (Å²) in [6.07, 6.45) is 0.811. The topological polar surface area (TPSA) is 46.2 Å². The molecular formula is C15H17NO. The normalized spacial score (nSPS) is 12.4. The van der Waals surface area contributed by atoms with Crippen molar-refractivity contribution in [3.05, 3.63) is 54.1 Å². The van der Waals surface area contributed by atoms with E-state index in [0.29, 0.717) is 0 Å². The molecule has 3 N–H and O–H groups in total. The maximum Gasteiger partial charge on any atom is 0.120 e. The van der Waals surface area contributed by atoms with Crippen LogP contribution in [0.25, 0.3) is 11.1 Å². The van der Waals surface area contributed by atoms with E-state index < -0.39 is 0 Å². The smallest absolute Gasteiger partial charge is 0.120 e. The summed E-state index contributed by atoms with van der Waals surface area (Å²) in [6, 6.07) is 15.6. The van der Waals surface area contributed by atoms with Crippen LogP contribution in [0.5, 0.6) is 5.75 Å². The molecule has 0 spiro atoms. The number of hydrogen-bond acceptors (Lipinski definition) is 2. The van der Waals surface area contributed by atoms with E-state index in [4.69, 9.17) is 5.73 Å². The lowest BCUT2D eigenvalue weighted by atomic mass is 9.98. The molecule has 88 valence electrons. The highest BCUT2D eigenvalue weighted by atomic mass is 16.3. The number of phenolic OH excluding ortho intramolecular Hbond substituents is 1. The quantitative estimate of drug-likeness (QED) is 0.843. The molecule has 1 unspecified atom stereocenters. The molecule has 2 aromatic rings. The second kappa shape index (κ2) is 5.02. The number of phenols is 1. The predicted octanol–water partition coefficient (Wildman–Crippen LogP) is 3.47. The van der Waals surface area contributed by atoms with Gasteiger partial charge in [0.2, 0.25) is 0 Å². The van der Waals surface area contributed by atoms with Gasteiger partial charge in [0.15, 0.2) is 0 Å². The number of hydrogen-bond donors (Lipinski definition) is 2. The Kier molecular flexibility index (Phi) is 3.45. The molecule has 17 heavy (non-hydrogen) atoms. The highest BCUT2D eigenvalue weighted by Gasteiger charge is 2.10. The van der Waals surface area contributed by atoms with Crippen molar-refractivity contribution in [2.24, 2.45) is 5.73 Å². The van der Waals surface area contributed by atoms with Crippen LogP contribution in [0.2, 0.25) is 0 Å². The molecule has 0 saturated carbocycles. The fourth-order valence-electron chi connectivity index (χ4n) is 1.88. The lowest BCUT2D eigenvalue weighted by Gasteiger charge is -2.13. The van der Waals surface area contributed by atoms with Gasteiger partial charge in [-0.3, -0.25) is 0 Å². The summed E-state index contributed by atoms with van der Waals surface area (Å²) in [5.41, 5.74) is 9.02. The number of aromatic hydroxyl groups is 1. The monoisotopic (exact) mass is 227 g/mol. The van der Waals surface area contributed by atoms with E-state index in [9.17, 15) is 5.11 Å². The van der Waals surface area contributed by atoms with Crippen molar-refractivity contribution in [3.63, 3.8) is 0 Å². The van der Waals surface area contributed by atoms with Crippen LogP contribution in [0.3, 0.4) is 0 Å². The second-order valence-electron chi connectivity index (χ2n) is 4.15. The minimum atomic E-state index is -0.112. The maximum atomic E-state index is 9.80. The summed E-state index contributed by atoms with van der Waals surface area (Å²) in [5, 5.41) is 9.80. The van der Waals surface area contributed by atoms with Crippen molar-refractivity contribution in [2.75, 3.05) is 0 Å². The molecule has 1 atom stereocenters. The van der Waals surface area contributed by atoms with Crippen molar-refractivity contribution in [2.45, 2.75) is 19.4 Å². The van der Waals surface area contributed by atoms with Crippen molar-refractivity contribution in [1.29, 1.82) is 0 Å². The molecule has 0 aliphatic heterocycles. The van der Waals surface area contributed by atoms with E-state index in [2.05, 4.69) is 0 Å². The first-order valence-corrected chi connectivity index (χ1v) is 5.86. The molecule has 2 nitrogen and oxygen atoms in total. The Morgan fingerprint density at radius 3 is 2.41 bits per heavy atom. The van der Waals surface area contributed by atoms with Crippen LogP contribution in [0, 0.1) is 0 Å². The first kappa shape index (κ1) is 11.7. The third kappa shape index (κ3) is 2.48. The number of nitrogens with two attached hydrogens (primary N) is 1. The molecule has 2 rings (SSSR count). The van der Waals surface area contributed by atoms with Gasteiger partial charge in [0.25, 0.3) is 0 Å². The molecule has 0 saturated heterocycles. The minimum absolute atomic E-state index is 0.112. The van der Waals surface area contributed by atoms with E-state index in [1.54, 1.807) is 6.07 Å². The van der Waals surface area contributed by atoms with Gasteiger partial charge in [0.1, 0.15) is 5.75 Å². The summed E-state index contributed by atoms with van der Waals surface area (Å²) in [4.78, 5) is 0. The maximum absolute atomic E-state index is 9.80. The summed E-state index contributed by atoms with van der Waals surface area (Å²) < 4.78 is 0. The Morgan fingerprint density at radius 2 is 1.76 bits per heavy atom. The van der Waals surface area contributed by atoms with E-state index >= 15 is 0 Å². The fraction of sp³-hybridized carbons (Fsp3) is 0.200. The molecule has 0 fully saturated rings. The Hall–Kier alpha value is -1.80. The first-order valence-electron chi connectivity index (χ1n) is 5.86. The van der Waals surface area contributed by atoms with E-state index in [-0.39, 0.29) is 11.8 Å². The van der Waals surface area contributed by atoms with E-state index in [1.807, 2.05) is 49.4 Å². The highest BCUT2D eigenvalue weighted by molar-refractivity contribution is 5.65. The van der Waals surface area contributed by atoms with Gasteiger partial charge < -0.3 is 10.8 Å². The summed E-state index contributed by atoms with van der Waals surface area (Å²) in [5.74, 6) is 0.277. The van der Waals surface area contributed by atoms with Gasteiger partial charge in [-0.25, -0.2) is 0 Å². The fourth-order valence-corrected chi connectivity index (χ4v) is 1.88. The molecule has 2 heteroatoms. The summed E-state index contributed by atoms with van der Waals surface area (Å²) in [6.45, 7) is 2.01. The lowest BCUT2D eigenvalue weighted by Crippen LogP contribution is -2.08. The average molecular weight is 227 g/mol. The van der Waals surface area contributed by atoms with Gasteiger partial charge in [-0.15, -0.1) is 0 Å². The van der Waals surface area contributed by atoms with Gasteiger partial charge in [-0.2, -0.15) is 0 Å². The van der Waals surface area contributed by atoms with Gasteiger partial charge >= 0.3 is 0 Å². The Labute approximate surface area is 102 Å². The van der Waals surface area contributed by atoms with Crippen LogP contribution in [0.15, 0.2) is 48.5 Å². The van der Waals surface area contributed by atoms with Gasteiger partial charge in [0, 0.05) is 11.6 Å². The van der Waals surface area contributed by atoms with Crippen molar-refractivity contribution in [1.82, 2.24) is 0 Å². The van der Waals surface area contributed by atoms with Crippen LogP contribution >= 0.6 is 0 Å². The Balaban J connectivity index is 2.44. The van der Waals surface area contributed by atoms with Crippen molar-refractivity contribution in [3.8, 4) is 16.9 Å². The van der Waals surface area contributed by atoms with Crippen LogP contribution in [0.1, 0.15) is 24.9 Å². The van der Waals surface area contributed by atoms with Crippen molar-refractivity contribution >= 4 is 0 Å². The predicted molar refractivity (Wildman–Crippen MR) is 70.8 cm³/mol. The molecule has 0 bridgehead atoms. The third-order valence-electron chi connectivity index (χ3n) is 2.97. The molecule has 0 amide bonds. The molecule has 0 aliphatic rings. The Morgan fingerprint density at radius 1 is 1.06 bits per heavy atom. The third-order valence-corrected chi connectivity index (χ3v) is 2.97. The lowest BCUT2D eigenvalue weighted by molar-refractivity contribution is 0.460. The second-order valence-corrected chi connectivity index (χ2v) is 4.15. The molecule has 0 aromatic heterocycles. The van der Waals surface area contributed by atoms with Gasteiger partial charge in [-0.05, 0) is 29.7 Å². The van der Waals surface area contributed by atoms with Crippen LogP contribution in [0.4, 0.5) is 0 Å². The largest absolute Gasteiger partial charge is 0.508 e. The molecule has 0 heterocycles. The Bertz CT molecular complexity index is 494. The molecular weight excluding hydrogens is 210 g/mol. The summed E-state index contributed by atoms with van der Waals surface area (Å²) in [7, 11) is 0. The van der Waals surface area contributed by atoms with Gasteiger partial charge in [0.05, 0.1) is 0 Å².